The average molecular weight is 340 g/mol. The molecule has 0 aromatic carbocycles. The third kappa shape index (κ3) is 5.72. The number of alkyl halides is 2. The quantitative estimate of drug-likeness (QED) is 0.509. The van der Waals surface area contributed by atoms with Gasteiger partial charge in [0, 0.05) is 9.65 Å². The second kappa shape index (κ2) is 7.32. The van der Waals surface area contributed by atoms with Gasteiger partial charge in [0.2, 0.25) is 0 Å². The Morgan fingerprint density at radius 3 is 2.27 bits per heavy atom. The van der Waals surface area contributed by atoms with E-state index in [-0.39, 0.29) is 0 Å². The van der Waals surface area contributed by atoms with E-state index in [2.05, 4.69) is 45.7 Å². The molecule has 0 heterocycles. The van der Waals surface area contributed by atoms with Gasteiger partial charge in [0.25, 0.3) is 0 Å². The lowest BCUT2D eigenvalue weighted by molar-refractivity contribution is 0.450. The van der Waals surface area contributed by atoms with E-state index in [1.54, 1.807) is 0 Å². The number of rotatable bonds is 0. The molecule has 0 radical (unpaired) electrons. The fraction of sp³-hybridized carbons (Fsp3) is 1.00. The Morgan fingerprint density at radius 2 is 1.53 bits per heavy atom. The van der Waals surface area contributed by atoms with Crippen molar-refractivity contribution in [3.63, 3.8) is 0 Å². The Hall–Kier alpha value is 0.960. The van der Waals surface area contributed by atoms with Gasteiger partial charge in [-0.15, -0.1) is 0 Å². The van der Waals surface area contributed by atoms with E-state index in [4.69, 9.17) is 0 Å². The Morgan fingerprint density at radius 1 is 0.867 bits per heavy atom. The van der Waals surface area contributed by atoms with Crippen LogP contribution in [0.3, 0.4) is 0 Å². The maximum atomic E-state index is 3.85. The third-order valence-electron chi connectivity index (χ3n) is 3.63. The number of hydrogen-bond acceptors (Lipinski definition) is 0. The molecule has 0 spiro atoms. The van der Waals surface area contributed by atoms with Crippen LogP contribution in [0.1, 0.15) is 58.8 Å². The second-order valence-corrected chi connectivity index (χ2v) is 7.76. The molecule has 90 valence electrons. The Bertz CT molecular complexity index is 152. The van der Waals surface area contributed by atoms with Gasteiger partial charge in [-0.2, -0.15) is 0 Å². The van der Waals surface area contributed by atoms with E-state index in [1.807, 2.05) is 0 Å². The summed E-state index contributed by atoms with van der Waals surface area (Å²) in [7, 11) is 0. The zero-order valence-corrected chi connectivity index (χ0v) is 13.2. The summed E-state index contributed by atoms with van der Waals surface area (Å²) in [5.74, 6) is 1.74. The maximum absolute atomic E-state index is 3.85. The highest BCUT2D eigenvalue weighted by molar-refractivity contribution is 9.09. The predicted octanol–water partition coefficient (Wildman–Crippen LogP) is 5.53. The van der Waals surface area contributed by atoms with Crippen molar-refractivity contribution in [3.8, 4) is 0 Å². The molecule has 0 aromatic rings. The van der Waals surface area contributed by atoms with Gasteiger partial charge >= 0.3 is 0 Å². The fourth-order valence-electron chi connectivity index (χ4n) is 2.46. The van der Waals surface area contributed by atoms with E-state index in [9.17, 15) is 0 Å². The lowest BCUT2D eigenvalue weighted by Gasteiger charge is -2.17. The Balaban J connectivity index is 2.43. The fourth-order valence-corrected chi connectivity index (χ4v) is 4.01. The minimum absolute atomic E-state index is 0.747. The van der Waals surface area contributed by atoms with Crippen LogP contribution in [0.15, 0.2) is 0 Å². The Kier molecular flexibility index (Phi) is 6.84. The van der Waals surface area contributed by atoms with Crippen LogP contribution in [0.25, 0.3) is 0 Å². The molecule has 0 aliphatic heterocycles. The lowest BCUT2D eigenvalue weighted by atomic mass is 9.96. The monoisotopic (exact) mass is 338 g/mol. The molecule has 1 saturated carbocycles. The molecule has 4 atom stereocenters. The summed E-state index contributed by atoms with van der Waals surface area (Å²) in [4.78, 5) is 1.50. The highest BCUT2D eigenvalue weighted by Gasteiger charge is 2.17. The van der Waals surface area contributed by atoms with Gasteiger partial charge < -0.3 is 0 Å². The molecule has 0 saturated heterocycles. The third-order valence-corrected chi connectivity index (χ3v) is 5.82. The largest absolute Gasteiger partial charge is 0.0891 e. The van der Waals surface area contributed by atoms with Crippen molar-refractivity contribution >= 4 is 31.9 Å². The summed E-state index contributed by atoms with van der Waals surface area (Å²) in [5.41, 5.74) is 0. The minimum atomic E-state index is 0.747. The maximum Gasteiger partial charge on any atom is 0.0171 e. The van der Waals surface area contributed by atoms with E-state index >= 15 is 0 Å². The van der Waals surface area contributed by atoms with Crippen molar-refractivity contribution in [1.29, 1.82) is 0 Å². The van der Waals surface area contributed by atoms with Crippen LogP contribution in [0.4, 0.5) is 0 Å². The first-order valence-electron chi connectivity index (χ1n) is 6.37. The summed E-state index contributed by atoms with van der Waals surface area (Å²) >= 11 is 7.67. The van der Waals surface area contributed by atoms with Crippen molar-refractivity contribution in [2.24, 2.45) is 11.8 Å². The first-order valence-corrected chi connectivity index (χ1v) is 8.21. The molecular formula is C13H24Br2. The van der Waals surface area contributed by atoms with Crippen molar-refractivity contribution in [1.82, 2.24) is 0 Å². The van der Waals surface area contributed by atoms with E-state index in [0.717, 1.165) is 21.5 Å². The van der Waals surface area contributed by atoms with E-state index in [0.29, 0.717) is 0 Å². The van der Waals surface area contributed by atoms with Crippen molar-refractivity contribution in [2.75, 3.05) is 0 Å². The van der Waals surface area contributed by atoms with Crippen LogP contribution in [0, 0.1) is 11.8 Å². The summed E-state index contributed by atoms with van der Waals surface area (Å²) in [5, 5.41) is 0. The normalized spacial score (nSPS) is 40.8. The van der Waals surface area contributed by atoms with Gasteiger partial charge in [-0.05, 0) is 37.5 Å². The molecule has 1 aliphatic carbocycles. The van der Waals surface area contributed by atoms with Crippen molar-refractivity contribution < 1.29 is 0 Å². The molecule has 1 rings (SSSR count). The number of hydrogen-bond donors (Lipinski definition) is 0. The van der Waals surface area contributed by atoms with Gasteiger partial charge in [0.05, 0.1) is 0 Å². The molecule has 1 aliphatic rings. The molecule has 15 heavy (non-hydrogen) atoms. The highest BCUT2D eigenvalue weighted by atomic mass is 79.9. The topological polar surface area (TPSA) is 0 Å². The zero-order valence-electron chi connectivity index (χ0n) is 10.0. The van der Waals surface area contributed by atoms with Crippen LogP contribution < -0.4 is 0 Å². The Labute approximate surface area is 112 Å². The van der Waals surface area contributed by atoms with E-state index in [1.165, 1.54) is 44.9 Å². The molecule has 0 bridgehead atoms. The molecule has 0 amide bonds. The van der Waals surface area contributed by atoms with Gasteiger partial charge in [-0.3, -0.25) is 0 Å². The highest BCUT2D eigenvalue weighted by Crippen LogP contribution is 2.29. The van der Waals surface area contributed by atoms with Crippen LogP contribution in [0.5, 0.6) is 0 Å². The average Bonchev–Trinajstić information content (AvgIpc) is 2.17. The van der Waals surface area contributed by atoms with Crippen molar-refractivity contribution in [3.05, 3.63) is 0 Å². The SMILES string of the molecule is CC1CCCC(Br)C(C)CCCC(Br)C1. The van der Waals surface area contributed by atoms with Crippen molar-refractivity contribution in [2.45, 2.75) is 68.4 Å². The number of halogens is 2. The van der Waals surface area contributed by atoms with Crippen LogP contribution >= 0.6 is 31.9 Å². The van der Waals surface area contributed by atoms with Gasteiger partial charge in [-0.25, -0.2) is 0 Å². The summed E-state index contributed by atoms with van der Waals surface area (Å²) in [6.07, 6.45) is 9.63. The minimum Gasteiger partial charge on any atom is -0.0891 e. The van der Waals surface area contributed by atoms with E-state index < -0.39 is 0 Å². The molecule has 1 fully saturated rings. The lowest BCUT2D eigenvalue weighted by Crippen LogP contribution is -2.10. The van der Waals surface area contributed by atoms with Gasteiger partial charge in [0.15, 0.2) is 0 Å². The summed E-state index contributed by atoms with van der Waals surface area (Å²) in [6.45, 7) is 4.79. The predicted molar refractivity (Wildman–Crippen MR) is 76.1 cm³/mol. The van der Waals surface area contributed by atoms with Crippen LogP contribution in [-0.2, 0) is 0 Å². The molecule has 0 nitrogen and oxygen atoms in total. The van der Waals surface area contributed by atoms with Gasteiger partial charge in [-0.1, -0.05) is 65.0 Å². The molecule has 0 aromatic heterocycles. The molecule has 4 unspecified atom stereocenters. The van der Waals surface area contributed by atoms with Gasteiger partial charge in [0.1, 0.15) is 0 Å². The first kappa shape index (κ1) is 14.0. The van der Waals surface area contributed by atoms with Crippen LogP contribution in [-0.4, -0.2) is 9.65 Å². The second-order valence-electron chi connectivity index (χ2n) is 5.29. The smallest absolute Gasteiger partial charge is 0.0171 e. The standard InChI is InChI=1S/C13H24Br2/c1-10-5-3-8-13(15)11(2)6-4-7-12(14)9-10/h10-13H,3-9H2,1-2H3. The zero-order chi connectivity index (χ0) is 11.3. The first-order chi connectivity index (χ1) is 7.09. The molecule has 0 N–H and O–H groups in total. The van der Waals surface area contributed by atoms with Crippen LogP contribution in [0.2, 0.25) is 0 Å². The summed E-state index contributed by atoms with van der Waals surface area (Å²) < 4.78 is 0. The summed E-state index contributed by atoms with van der Waals surface area (Å²) in [6, 6.07) is 0. The molecule has 2 heteroatoms. The molecular weight excluding hydrogens is 316 g/mol.